The number of carbonyl (C=O) groups excluding carboxylic acids is 1. The van der Waals surface area contributed by atoms with E-state index in [0.29, 0.717) is 19.8 Å². The number of nitrogens with zero attached hydrogens (tertiary/aromatic N) is 3. The number of aromatic nitrogens is 2. The lowest BCUT2D eigenvalue weighted by Crippen LogP contribution is -2.57. The number of likely N-dealkylation sites (tertiary alicyclic amines) is 1. The fourth-order valence-electron chi connectivity index (χ4n) is 2.99. The largest absolute Gasteiger partial charge is 0.426 e. The Balaban J connectivity index is 2.07. The number of rotatable bonds is 2. The molecule has 1 aliphatic heterocycles. The fourth-order valence-corrected chi connectivity index (χ4v) is 2.99. The Kier molecular flexibility index (Phi) is 4.74. The van der Waals surface area contributed by atoms with Crippen LogP contribution in [0, 0.1) is 0 Å². The maximum atomic E-state index is 12.8. The zero-order valence-corrected chi connectivity index (χ0v) is 14.4. The summed E-state index contributed by atoms with van der Waals surface area (Å²) < 4.78 is 40.4. The first kappa shape index (κ1) is 18.8. The maximum Gasteiger partial charge on any atom is 0.426 e. The van der Waals surface area contributed by atoms with E-state index in [0.717, 1.165) is 10.6 Å². The molecule has 1 aliphatic rings. The molecule has 1 amide bonds. The molecular weight excluding hydrogens is 323 g/mol. The van der Waals surface area contributed by atoms with Crippen molar-refractivity contribution in [2.45, 2.75) is 63.8 Å². The molecule has 8 heteroatoms. The number of alkyl halides is 3. The van der Waals surface area contributed by atoms with E-state index in [1.807, 2.05) is 31.5 Å². The summed E-state index contributed by atoms with van der Waals surface area (Å²) in [6, 6.07) is 1.92. The van der Waals surface area contributed by atoms with Crippen molar-refractivity contribution in [3.63, 3.8) is 0 Å². The van der Waals surface area contributed by atoms with Crippen LogP contribution in [0.3, 0.4) is 0 Å². The van der Waals surface area contributed by atoms with Crippen molar-refractivity contribution >= 4 is 5.91 Å². The van der Waals surface area contributed by atoms with Crippen LogP contribution in [0.4, 0.5) is 13.2 Å². The third kappa shape index (κ3) is 3.43. The highest BCUT2D eigenvalue weighted by Crippen LogP contribution is 2.35. The standard InChI is InChI=1S/C16H24F3N3O2/c1-14(2,3)22-12(5-8-20-22)11-6-9-21(10-7-11)13(23)15(4,24)16(17,18)19/h5,8,11,24H,6-7,9-10H2,1-4H3. The molecule has 0 radical (unpaired) electrons. The van der Waals surface area contributed by atoms with E-state index in [9.17, 15) is 23.1 Å². The number of piperidine rings is 1. The zero-order chi connectivity index (χ0) is 18.3. The molecule has 2 heterocycles. The summed E-state index contributed by atoms with van der Waals surface area (Å²) in [6.07, 6.45) is -2.18. The van der Waals surface area contributed by atoms with Gasteiger partial charge in [0.25, 0.3) is 5.91 Å². The molecule has 0 aromatic carbocycles. The van der Waals surface area contributed by atoms with Gasteiger partial charge in [0.2, 0.25) is 5.60 Å². The van der Waals surface area contributed by atoms with Gasteiger partial charge in [-0.2, -0.15) is 18.3 Å². The summed E-state index contributed by atoms with van der Waals surface area (Å²) in [4.78, 5) is 13.1. The molecule has 1 fully saturated rings. The molecule has 1 aromatic heterocycles. The van der Waals surface area contributed by atoms with Gasteiger partial charge in [-0.1, -0.05) is 0 Å². The minimum atomic E-state index is -4.98. The number of aliphatic hydroxyl groups is 1. The van der Waals surface area contributed by atoms with Gasteiger partial charge in [-0.05, 0) is 46.6 Å². The first-order valence-corrected chi connectivity index (χ1v) is 7.98. The van der Waals surface area contributed by atoms with Crippen LogP contribution < -0.4 is 0 Å². The van der Waals surface area contributed by atoms with Crippen molar-refractivity contribution < 1.29 is 23.1 Å². The third-order valence-electron chi connectivity index (χ3n) is 4.48. The van der Waals surface area contributed by atoms with E-state index in [2.05, 4.69) is 5.10 Å². The van der Waals surface area contributed by atoms with Gasteiger partial charge in [0.1, 0.15) is 0 Å². The monoisotopic (exact) mass is 347 g/mol. The van der Waals surface area contributed by atoms with E-state index in [-0.39, 0.29) is 24.5 Å². The number of halogens is 3. The van der Waals surface area contributed by atoms with Crippen LogP contribution in [-0.2, 0) is 10.3 Å². The molecule has 0 spiro atoms. The van der Waals surface area contributed by atoms with Gasteiger partial charge < -0.3 is 10.0 Å². The summed E-state index contributed by atoms with van der Waals surface area (Å²) in [6.45, 7) is 6.97. The average Bonchev–Trinajstić information content (AvgIpc) is 2.95. The van der Waals surface area contributed by atoms with Gasteiger partial charge in [0.15, 0.2) is 0 Å². The van der Waals surface area contributed by atoms with Gasteiger partial charge in [-0.3, -0.25) is 9.48 Å². The average molecular weight is 347 g/mol. The quantitative estimate of drug-likeness (QED) is 0.895. The summed E-state index contributed by atoms with van der Waals surface area (Å²) in [5, 5.41) is 13.9. The minimum Gasteiger partial charge on any atom is -0.373 e. The first-order chi connectivity index (χ1) is 10.9. The summed E-state index contributed by atoms with van der Waals surface area (Å²) in [5.41, 5.74) is -2.50. The van der Waals surface area contributed by atoms with Gasteiger partial charge in [0, 0.05) is 30.9 Å². The lowest BCUT2D eigenvalue weighted by atomic mass is 9.91. The van der Waals surface area contributed by atoms with Crippen LogP contribution in [0.5, 0.6) is 0 Å². The SMILES string of the molecule is CC(C)(C)n1nccc1C1CCN(C(=O)C(C)(O)C(F)(F)F)CC1. The van der Waals surface area contributed by atoms with Crippen molar-refractivity contribution in [2.24, 2.45) is 0 Å². The van der Waals surface area contributed by atoms with E-state index < -0.39 is 17.7 Å². The molecule has 1 saturated heterocycles. The molecule has 1 aromatic rings. The second kappa shape index (κ2) is 6.06. The molecule has 0 saturated carbocycles. The molecule has 24 heavy (non-hydrogen) atoms. The van der Waals surface area contributed by atoms with Gasteiger partial charge in [0.05, 0.1) is 5.54 Å². The molecule has 1 N–H and O–H groups in total. The molecule has 2 rings (SSSR count). The normalized spacial score (nSPS) is 20.1. The second-order valence-electron chi connectivity index (χ2n) is 7.48. The number of carbonyl (C=O) groups is 1. The summed E-state index contributed by atoms with van der Waals surface area (Å²) in [5.74, 6) is -1.15. The van der Waals surface area contributed by atoms with Crippen LogP contribution in [0.1, 0.15) is 52.1 Å². The second-order valence-corrected chi connectivity index (χ2v) is 7.48. The number of amides is 1. The molecule has 0 bridgehead atoms. The van der Waals surface area contributed by atoms with Gasteiger partial charge >= 0.3 is 6.18 Å². The van der Waals surface area contributed by atoms with Crippen LogP contribution in [0.2, 0.25) is 0 Å². The first-order valence-electron chi connectivity index (χ1n) is 7.98. The highest BCUT2D eigenvalue weighted by Gasteiger charge is 2.57. The van der Waals surface area contributed by atoms with E-state index >= 15 is 0 Å². The van der Waals surface area contributed by atoms with Crippen LogP contribution in [0.25, 0.3) is 0 Å². The third-order valence-corrected chi connectivity index (χ3v) is 4.48. The predicted octanol–water partition coefficient (Wildman–Crippen LogP) is 2.66. The number of hydrogen-bond acceptors (Lipinski definition) is 3. The Morgan fingerprint density at radius 1 is 1.21 bits per heavy atom. The highest BCUT2D eigenvalue weighted by molar-refractivity contribution is 5.85. The van der Waals surface area contributed by atoms with Crippen LogP contribution in [0.15, 0.2) is 12.3 Å². The Hall–Kier alpha value is -1.57. The van der Waals surface area contributed by atoms with Crippen LogP contribution >= 0.6 is 0 Å². The topological polar surface area (TPSA) is 58.4 Å². The molecular formula is C16H24F3N3O2. The molecule has 136 valence electrons. The van der Waals surface area contributed by atoms with E-state index in [4.69, 9.17) is 0 Å². The Labute approximate surface area is 139 Å². The molecule has 1 unspecified atom stereocenters. The van der Waals surface area contributed by atoms with E-state index in [1.165, 1.54) is 0 Å². The lowest BCUT2D eigenvalue weighted by molar-refractivity contribution is -0.250. The fraction of sp³-hybridized carbons (Fsp3) is 0.750. The molecule has 5 nitrogen and oxygen atoms in total. The predicted molar refractivity (Wildman–Crippen MR) is 82.5 cm³/mol. The molecule has 1 atom stereocenters. The van der Waals surface area contributed by atoms with Crippen molar-refractivity contribution in [3.8, 4) is 0 Å². The number of hydrogen-bond donors (Lipinski definition) is 1. The molecule has 0 aliphatic carbocycles. The smallest absolute Gasteiger partial charge is 0.373 e. The summed E-state index contributed by atoms with van der Waals surface area (Å²) in [7, 11) is 0. The zero-order valence-electron chi connectivity index (χ0n) is 14.4. The van der Waals surface area contributed by atoms with Gasteiger partial charge in [-0.15, -0.1) is 0 Å². The Morgan fingerprint density at radius 2 is 1.75 bits per heavy atom. The highest BCUT2D eigenvalue weighted by atomic mass is 19.4. The Morgan fingerprint density at radius 3 is 2.21 bits per heavy atom. The Bertz CT molecular complexity index is 594. The lowest BCUT2D eigenvalue weighted by Gasteiger charge is -2.37. The van der Waals surface area contributed by atoms with Crippen molar-refractivity contribution in [2.75, 3.05) is 13.1 Å². The summed E-state index contributed by atoms with van der Waals surface area (Å²) >= 11 is 0. The van der Waals surface area contributed by atoms with Gasteiger partial charge in [-0.25, -0.2) is 0 Å². The van der Waals surface area contributed by atoms with E-state index in [1.54, 1.807) is 6.20 Å². The van der Waals surface area contributed by atoms with Crippen molar-refractivity contribution in [1.82, 2.24) is 14.7 Å². The van der Waals surface area contributed by atoms with Crippen LogP contribution in [-0.4, -0.2) is 50.6 Å². The van der Waals surface area contributed by atoms with Crippen molar-refractivity contribution in [1.29, 1.82) is 0 Å². The minimum absolute atomic E-state index is 0.131. The van der Waals surface area contributed by atoms with Crippen molar-refractivity contribution in [3.05, 3.63) is 18.0 Å². The maximum absolute atomic E-state index is 12.8.